The fourth-order valence-electron chi connectivity index (χ4n) is 2.64. The first kappa shape index (κ1) is 17.6. The van der Waals surface area contributed by atoms with Gasteiger partial charge in [0.2, 0.25) is 5.91 Å². The van der Waals surface area contributed by atoms with Gasteiger partial charge in [0.25, 0.3) is 0 Å². The van der Waals surface area contributed by atoms with Gasteiger partial charge in [0.15, 0.2) is 0 Å². The number of benzene rings is 1. The summed E-state index contributed by atoms with van der Waals surface area (Å²) in [4.78, 5) is 27.3. The highest BCUT2D eigenvalue weighted by molar-refractivity contribution is 6.30. The summed E-state index contributed by atoms with van der Waals surface area (Å²) in [6.45, 7) is 1.41. The molecule has 0 saturated carbocycles. The number of hydrogen-bond donors (Lipinski definition) is 1. The molecule has 1 N–H and O–H groups in total. The summed E-state index contributed by atoms with van der Waals surface area (Å²) < 4.78 is 0. The number of hydrogen-bond acceptors (Lipinski definition) is 2. The molecule has 0 radical (unpaired) electrons. The minimum absolute atomic E-state index is 0.0717. The second kappa shape index (κ2) is 8.20. The van der Waals surface area contributed by atoms with Crippen molar-refractivity contribution in [3.8, 4) is 0 Å². The maximum absolute atomic E-state index is 12.3. The molecule has 1 heterocycles. The molecule has 0 bridgehead atoms. The molecule has 5 nitrogen and oxygen atoms in total. The van der Waals surface area contributed by atoms with Crippen LogP contribution in [0.4, 0.5) is 4.79 Å². The van der Waals surface area contributed by atoms with E-state index in [0.29, 0.717) is 24.5 Å². The van der Waals surface area contributed by atoms with Crippen LogP contribution in [0.3, 0.4) is 0 Å². The van der Waals surface area contributed by atoms with E-state index in [9.17, 15) is 9.59 Å². The number of piperidine rings is 1. The molecule has 1 aliphatic rings. The minimum atomic E-state index is -0.0717. The zero-order valence-corrected chi connectivity index (χ0v) is 14.5. The van der Waals surface area contributed by atoms with Crippen LogP contribution in [0.5, 0.6) is 0 Å². The van der Waals surface area contributed by atoms with E-state index in [1.807, 2.05) is 29.2 Å². The average molecular weight is 338 g/mol. The number of urea groups is 1. The van der Waals surface area contributed by atoms with Gasteiger partial charge < -0.3 is 15.1 Å². The first-order valence-corrected chi connectivity index (χ1v) is 8.33. The van der Waals surface area contributed by atoms with Gasteiger partial charge in [-0.1, -0.05) is 23.7 Å². The van der Waals surface area contributed by atoms with E-state index in [4.69, 9.17) is 11.6 Å². The normalized spacial score (nSPS) is 15.3. The highest BCUT2D eigenvalue weighted by atomic mass is 35.5. The van der Waals surface area contributed by atoms with Crippen molar-refractivity contribution in [1.29, 1.82) is 0 Å². The highest BCUT2D eigenvalue weighted by Crippen LogP contribution is 2.14. The monoisotopic (exact) mass is 337 g/mol. The quantitative estimate of drug-likeness (QED) is 0.918. The number of likely N-dealkylation sites (tertiary alicyclic amines) is 1. The van der Waals surface area contributed by atoms with Crippen molar-refractivity contribution in [1.82, 2.24) is 15.1 Å². The molecular weight excluding hydrogens is 314 g/mol. The Bertz CT molecular complexity index is 537. The SMILES string of the molecule is CN(C)C(=O)NC1CCN(C(=O)CCc2ccc(Cl)cc2)CC1. The Kier molecular flexibility index (Phi) is 6.28. The van der Waals surface area contributed by atoms with E-state index in [1.165, 1.54) is 4.90 Å². The summed E-state index contributed by atoms with van der Waals surface area (Å²) in [6, 6.07) is 7.69. The number of amides is 3. The van der Waals surface area contributed by atoms with Crippen molar-refractivity contribution < 1.29 is 9.59 Å². The summed E-state index contributed by atoms with van der Waals surface area (Å²) in [5.74, 6) is 0.178. The van der Waals surface area contributed by atoms with E-state index >= 15 is 0 Å². The molecule has 0 aliphatic carbocycles. The predicted molar refractivity (Wildman–Crippen MR) is 91.6 cm³/mol. The lowest BCUT2D eigenvalue weighted by Gasteiger charge is -2.33. The van der Waals surface area contributed by atoms with E-state index in [1.54, 1.807) is 14.1 Å². The molecule has 1 aliphatic heterocycles. The zero-order chi connectivity index (χ0) is 16.8. The summed E-state index contributed by atoms with van der Waals surface area (Å²) in [6.07, 6.45) is 2.86. The van der Waals surface area contributed by atoms with E-state index in [-0.39, 0.29) is 18.0 Å². The molecule has 2 rings (SSSR count). The van der Waals surface area contributed by atoms with Crippen LogP contribution in [0.15, 0.2) is 24.3 Å². The van der Waals surface area contributed by atoms with Gasteiger partial charge in [0, 0.05) is 44.7 Å². The summed E-state index contributed by atoms with van der Waals surface area (Å²) in [7, 11) is 3.45. The largest absolute Gasteiger partial charge is 0.343 e. The van der Waals surface area contributed by atoms with Gasteiger partial charge >= 0.3 is 6.03 Å². The third-order valence-electron chi connectivity index (χ3n) is 4.12. The molecule has 0 aromatic heterocycles. The molecular formula is C17H24ClN3O2. The smallest absolute Gasteiger partial charge is 0.317 e. The van der Waals surface area contributed by atoms with E-state index in [2.05, 4.69) is 5.32 Å². The summed E-state index contributed by atoms with van der Waals surface area (Å²) in [5.41, 5.74) is 1.12. The number of nitrogens with zero attached hydrogens (tertiary/aromatic N) is 2. The molecule has 1 fully saturated rings. The van der Waals surface area contributed by atoms with Gasteiger partial charge in [-0.3, -0.25) is 4.79 Å². The Labute approximate surface area is 142 Å². The van der Waals surface area contributed by atoms with Crippen molar-refractivity contribution >= 4 is 23.5 Å². The molecule has 6 heteroatoms. The van der Waals surface area contributed by atoms with Gasteiger partial charge in [-0.2, -0.15) is 0 Å². The molecule has 3 amide bonds. The van der Waals surface area contributed by atoms with Crippen molar-refractivity contribution in [2.75, 3.05) is 27.2 Å². The topological polar surface area (TPSA) is 52.7 Å². The average Bonchev–Trinajstić information content (AvgIpc) is 2.54. The third-order valence-corrected chi connectivity index (χ3v) is 4.37. The third kappa shape index (κ3) is 5.43. The predicted octanol–water partition coefficient (Wildman–Crippen LogP) is 2.53. The van der Waals surface area contributed by atoms with Gasteiger partial charge in [-0.15, -0.1) is 0 Å². The Balaban J connectivity index is 1.73. The molecule has 23 heavy (non-hydrogen) atoms. The Morgan fingerprint density at radius 3 is 2.39 bits per heavy atom. The Morgan fingerprint density at radius 2 is 1.83 bits per heavy atom. The lowest BCUT2D eigenvalue weighted by molar-refractivity contribution is -0.132. The molecule has 1 saturated heterocycles. The molecule has 0 unspecified atom stereocenters. The van der Waals surface area contributed by atoms with Crippen molar-refractivity contribution in [3.05, 3.63) is 34.9 Å². The zero-order valence-electron chi connectivity index (χ0n) is 13.7. The maximum Gasteiger partial charge on any atom is 0.317 e. The second-order valence-electron chi connectivity index (χ2n) is 6.13. The number of carbonyl (C=O) groups is 2. The van der Waals surface area contributed by atoms with E-state index in [0.717, 1.165) is 24.8 Å². The molecule has 0 spiro atoms. The van der Waals surface area contributed by atoms with Crippen LogP contribution in [0, 0.1) is 0 Å². The van der Waals surface area contributed by atoms with E-state index < -0.39 is 0 Å². The highest BCUT2D eigenvalue weighted by Gasteiger charge is 2.23. The Morgan fingerprint density at radius 1 is 1.22 bits per heavy atom. The van der Waals surface area contributed by atoms with Crippen LogP contribution in [0.25, 0.3) is 0 Å². The second-order valence-corrected chi connectivity index (χ2v) is 6.56. The van der Waals surface area contributed by atoms with Crippen LogP contribution in [0.2, 0.25) is 5.02 Å². The minimum Gasteiger partial charge on any atom is -0.343 e. The van der Waals surface area contributed by atoms with Crippen molar-refractivity contribution in [2.24, 2.45) is 0 Å². The Hall–Kier alpha value is -1.75. The van der Waals surface area contributed by atoms with Gasteiger partial charge in [0.1, 0.15) is 0 Å². The van der Waals surface area contributed by atoms with Gasteiger partial charge in [-0.05, 0) is 37.0 Å². The van der Waals surface area contributed by atoms with Crippen LogP contribution in [-0.4, -0.2) is 55.0 Å². The first-order valence-electron chi connectivity index (χ1n) is 7.95. The molecule has 1 aromatic rings. The number of carbonyl (C=O) groups excluding carboxylic acids is 2. The number of rotatable bonds is 4. The van der Waals surface area contributed by atoms with Crippen LogP contribution < -0.4 is 5.32 Å². The van der Waals surface area contributed by atoms with Gasteiger partial charge in [0.05, 0.1) is 0 Å². The molecule has 0 atom stereocenters. The number of nitrogens with one attached hydrogen (secondary N) is 1. The molecule has 1 aromatic carbocycles. The first-order chi connectivity index (χ1) is 11.0. The summed E-state index contributed by atoms with van der Waals surface area (Å²) in [5, 5.41) is 3.69. The lowest BCUT2D eigenvalue weighted by atomic mass is 10.0. The number of aryl methyl sites for hydroxylation is 1. The number of halogens is 1. The summed E-state index contributed by atoms with van der Waals surface area (Å²) >= 11 is 5.86. The fraction of sp³-hybridized carbons (Fsp3) is 0.529. The van der Waals surface area contributed by atoms with Crippen molar-refractivity contribution in [2.45, 2.75) is 31.7 Å². The fourth-order valence-corrected chi connectivity index (χ4v) is 2.76. The maximum atomic E-state index is 12.3. The van der Waals surface area contributed by atoms with Crippen molar-refractivity contribution in [3.63, 3.8) is 0 Å². The van der Waals surface area contributed by atoms with Crippen LogP contribution in [0.1, 0.15) is 24.8 Å². The molecule has 126 valence electrons. The standard InChI is InChI=1S/C17H24ClN3O2/c1-20(2)17(23)19-15-9-11-21(12-10-15)16(22)8-5-13-3-6-14(18)7-4-13/h3-4,6-7,15H,5,8-12H2,1-2H3,(H,19,23). The van der Waals surface area contributed by atoms with Gasteiger partial charge in [-0.25, -0.2) is 4.79 Å². The van der Waals surface area contributed by atoms with Crippen LogP contribution >= 0.6 is 11.6 Å². The van der Waals surface area contributed by atoms with Crippen LogP contribution in [-0.2, 0) is 11.2 Å². The lowest BCUT2D eigenvalue weighted by Crippen LogP contribution is -2.48.